The third kappa shape index (κ3) is 7.00. The van der Waals surface area contributed by atoms with Crippen LogP contribution in [-0.2, 0) is 22.6 Å². The van der Waals surface area contributed by atoms with Crippen molar-refractivity contribution in [2.75, 3.05) is 19.7 Å². The molecular formula is C25H32FN3O4. The first-order chi connectivity index (χ1) is 15.9. The minimum Gasteiger partial charge on any atom is -0.493 e. The van der Waals surface area contributed by atoms with Crippen molar-refractivity contribution in [3.8, 4) is 5.75 Å². The lowest BCUT2D eigenvalue weighted by Gasteiger charge is -2.38. The fourth-order valence-corrected chi connectivity index (χ4v) is 4.02. The highest BCUT2D eigenvalue weighted by Crippen LogP contribution is 2.20. The van der Waals surface area contributed by atoms with Gasteiger partial charge < -0.3 is 25.4 Å². The molecule has 1 aliphatic rings. The Labute approximate surface area is 193 Å². The molecule has 178 valence electrons. The van der Waals surface area contributed by atoms with Gasteiger partial charge in [0.1, 0.15) is 17.6 Å². The Kier molecular flexibility index (Phi) is 8.79. The zero-order chi connectivity index (χ0) is 23.8. The molecule has 1 fully saturated rings. The normalized spacial score (nSPS) is 18.0. The van der Waals surface area contributed by atoms with Crippen molar-refractivity contribution >= 4 is 11.8 Å². The van der Waals surface area contributed by atoms with Gasteiger partial charge in [-0.3, -0.25) is 9.59 Å². The summed E-state index contributed by atoms with van der Waals surface area (Å²) in [6.07, 6.45) is -0.276. The van der Waals surface area contributed by atoms with E-state index in [0.717, 1.165) is 12.0 Å². The Hall–Kier alpha value is -2.97. The lowest BCUT2D eigenvalue weighted by atomic mass is 9.94. The van der Waals surface area contributed by atoms with E-state index in [1.54, 1.807) is 11.0 Å². The number of aliphatic hydroxyl groups is 1. The number of carbonyl (C=O) groups is 2. The number of nitrogens with one attached hydrogen (secondary N) is 2. The molecule has 0 unspecified atom stereocenters. The second-order valence-electron chi connectivity index (χ2n) is 8.32. The molecule has 2 aromatic rings. The summed E-state index contributed by atoms with van der Waals surface area (Å²) in [5.41, 5.74) is 1.56. The van der Waals surface area contributed by atoms with Gasteiger partial charge in [-0.15, -0.1) is 0 Å². The smallest absolute Gasteiger partial charge is 0.242 e. The molecule has 3 atom stereocenters. The highest BCUT2D eigenvalue weighted by molar-refractivity contribution is 5.83. The molecule has 3 N–H and O–H groups in total. The van der Waals surface area contributed by atoms with Crippen molar-refractivity contribution in [2.45, 2.75) is 51.4 Å². The van der Waals surface area contributed by atoms with Crippen LogP contribution in [0, 0.1) is 5.82 Å². The highest BCUT2D eigenvalue weighted by atomic mass is 19.1. The summed E-state index contributed by atoms with van der Waals surface area (Å²) in [6.45, 7) is 5.24. The molecule has 3 rings (SSSR count). The lowest BCUT2D eigenvalue weighted by molar-refractivity contribution is -0.141. The van der Waals surface area contributed by atoms with E-state index >= 15 is 0 Å². The molecule has 0 spiro atoms. The Balaban J connectivity index is 1.75. The first-order valence-electron chi connectivity index (χ1n) is 11.3. The molecule has 1 heterocycles. The van der Waals surface area contributed by atoms with Crippen LogP contribution in [0.5, 0.6) is 5.75 Å². The Morgan fingerprint density at radius 1 is 1.27 bits per heavy atom. The van der Waals surface area contributed by atoms with Crippen LogP contribution < -0.4 is 15.4 Å². The highest BCUT2D eigenvalue weighted by Gasteiger charge is 2.38. The SMILES string of the molecule is CCCOc1cc(F)cc(C[C@H](NC(C)=O)[C@H](O)[C@@H]2NCCN(Cc3ccccc3)C2=O)c1. The standard InChI is InChI=1S/C25H32FN3O4/c1-3-11-33-21-13-19(12-20(26)15-21)14-22(28-17(2)30)24(31)23-25(32)29(10-9-27-23)16-18-7-5-4-6-8-18/h4-8,12-13,15,22-24,27,31H,3,9-11,14,16H2,1-2H3,(H,28,30)/t22-,23-,24-/m0/s1. The molecule has 7 nitrogen and oxygen atoms in total. The molecule has 33 heavy (non-hydrogen) atoms. The van der Waals surface area contributed by atoms with Crippen LogP contribution in [0.2, 0.25) is 0 Å². The van der Waals surface area contributed by atoms with Gasteiger partial charge in [-0.25, -0.2) is 4.39 Å². The van der Waals surface area contributed by atoms with Crippen molar-refractivity contribution in [1.82, 2.24) is 15.5 Å². The number of piperazine rings is 1. The maximum Gasteiger partial charge on any atom is 0.242 e. The Morgan fingerprint density at radius 3 is 2.73 bits per heavy atom. The van der Waals surface area contributed by atoms with Gasteiger partial charge in [-0.2, -0.15) is 0 Å². The van der Waals surface area contributed by atoms with E-state index in [0.29, 0.717) is 37.6 Å². The number of ether oxygens (including phenoxy) is 1. The number of halogens is 1. The van der Waals surface area contributed by atoms with E-state index in [2.05, 4.69) is 10.6 Å². The fraction of sp³-hybridized carbons (Fsp3) is 0.440. The molecule has 2 amide bonds. The van der Waals surface area contributed by atoms with Crippen LogP contribution >= 0.6 is 0 Å². The monoisotopic (exact) mass is 457 g/mol. The van der Waals surface area contributed by atoms with Crippen LogP contribution in [-0.4, -0.2) is 59.7 Å². The topological polar surface area (TPSA) is 90.9 Å². The molecule has 0 aromatic heterocycles. The number of hydrogen-bond acceptors (Lipinski definition) is 5. The predicted molar refractivity (Wildman–Crippen MR) is 123 cm³/mol. The molecule has 8 heteroatoms. The van der Waals surface area contributed by atoms with E-state index in [9.17, 15) is 19.1 Å². The Morgan fingerprint density at radius 2 is 2.03 bits per heavy atom. The van der Waals surface area contributed by atoms with E-state index in [-0.39, 0.29) is 18.2 Å². The summed E-state index contributed by atoms with van der Waals surface area (Å²) in [7, 11) is 0. The molecule has 1 saturated heterocycles. The Bertz CT molecular complexity index is 941. The van der Waals surface area contributed by atoms with Crippen molar-refractivity contribution in [2.24, 2.45) is 0 Å². The van der Waals surface area contributed by atoms with Crippen LogP contribution in [0.3, 0.4) is 0 Å². The van der Waals surface area contributed by atoms with E-state index < -0.39 is 24.0 Å². The first-order valence-corrected chi connectivity index (χ1v) is 11.3. The van der Waals surface area contributed by atoms with Crippen LogP contribution in [0.1, 0.15) is 31.4 Å². The average Bonchev–Trinajstić information content (AvgIpc) is 2.78. The molecule has 2 aromatic carbocycles. The van der Waals surface area contributed by atoms with Crippen molar-refractivity contribution in [3.63, 3.8) is 0 Å². The third-order valence-electron chi connectivity index (χ3n) is 5.54. The zero-order valence-electron chi connectivity index (χ0n) is 19.1. The minimum absolute atomic E-state index is 0.144. The van der Waals surface area contributed by atoms with Gasteiger partial charge in [-0.1, -0.05) is 37.3 Å². The summed E-state index contributed by atoms with van der Waals surface area (Å²) >= 11 is 0. The van der Waals surface area contributed by atoms with E-state index in [1.807, 2.05) is 37.3 Å². The van der Waals surface area contributed by atoms with Crippen LogP contribution in [0.15, 0.2) is 48.5 Å². The second-order valence-corrected chi connectivity index (χ2v) is 8.32. The van der Waals surface area contributed by atoms with Gasteiger partial charge in [0.05, 0.1) is 18.8 Å². The van der Waals surface area contributed by atoms with Gasteiger partial charge in [0, 0.05) is 32.6 Å². The van der Waals surface area contributed by atoms with E-state index in [4.69, 9.17) is 4.74 Å². The number of rotatable bonds is 10. The molecule has 0 radical (unpaired) electrons. The van der Waals surface area contributed by atoms with Crippen LogP contribution in [0.25, 0.3) is 0 Å². The van der Waals surface area contributed by atoms with Gasteiger partial charge >= 0.3 is 0 Å². The average molecular weight is 458 g/mol. The summed E-state index contributed by atoms with van der Waals surface area (Å²) in [5, 5.41) is 16.9. The second kappa shape index (κ2) is 11.8. The summed E-state index contributed by atoms with van der Waals surface area (Å²) in [6, 6.07) is 12.3. The molecule has 1 aliphatic heterocycles. The molecule has 0 bridgehead atoms. The number of nitrogens with zero attached hydrogens (tertiary/aromatic N) is 1. The quantitative estimate of drug-likeness (QED) is 0.508. The number of amides is 2. The number of carbonyl (C=O) groups excluding carboxylic acids is 2. The molecule has 0 saturated carbocycles. The molecule has 0 aliphatic carbocycles. The maximum absolute atomic E-state index is 14.1. The lowest BCUT2D eigenvalue weighted by Crippen LogP contribution is -2.63. The van der Waals surface area contributed by atoms with Gasteiger partial charge in [0.2, 0.25) is 11.8 Å². The predicted octanol–water partition coefficient (Wildman–Crippen LogP) is 2.02. The zero-order valence-corrected chi connectivity index (χ0v) is 19.1. The summed E-state index contributed by atoms with van der Waals surface area (Å²) in [5.74, 6) is -0.652. The maximum atomic E-state index is 14.1. The van der Waals surface area contributed by atoms with Gasteiger partial charge in [0.15, 0.2) is 0 Å². The number of aliphatic hydroxyl groups excluding tert-OH is 1. The number of hydrogen-bond donors (Lipinski definition) is 3. The van der Waals surface area contributed by atoms with Gasteiger partial charge in [-0.05, 0) is 36.1 Å². The summed E-state index contributed by atoms with van der Waals surface area (Å²) in [4.78, 5) is 26.7. The van der Waals surface area contributed by atoms with Crippen molar-refractivity contribution in [1.29, 1.82) is 0 Å². The third-order valence-corrected chi connectivity index (χ3v) is 5.54. The van der Waals surface area contributed by atoms with E-state index in [1.165, 1.54) is 19.1 Å². The van der Waals surface area contributed by atoms with Crippen molar-refractivity contribution in [3.05, 3.63) is 65.5 Å². The van der Waals surface area contributed by atoms with Crippen LogP contribution in [0.4, 0.5) is 4.39 Å². The largest absolute Gasteiger partial charge is 0.493 e. The summed E-state index contributed by atoms with van der Waals surface area (Å²) < 4.78 is 19.7. The minimum atomic E-state index is -1.21. The molecular weight excluding hydrogens is 425 g/mol. The number of benzene rings is 2. The van der Waals surface area contributed by atoms with Gasteiger partial charge in [0.25, 0.3) is 0 Å². The first kappa shape index (κ1) is 24.7. The fourth-order valence-electron chi connectivity index (χ4n) is 4.02. The van der Waals surface area contributed by atoms with Crippen molar-refractivity contribution < 1.29 is 23.8 Å².